The van der Waals surface area contributed by atoms with Crippen molar-refractivity contribution in [1.29, 1.82) is 5.26 Å². The normalized spacial score (nSPS) is 16.2. The maximum Gasteiger partial charge on any atom is 0.417 e. The van der Waals surface area contributed by atoms with Crippen LogP contribution >= 0.6 is 12.2 Å². The maximum atomic E-state index is 13.4. The van der Waals surface area contributed by atoms with Crippen molar-refractivity contribution < 1.29 is 23.1 Å². The molecule has 1 aliphatic heterocycles. The molecule has 0 atom stereocenters. The number of hydrogen-bond acceptors (Lipinski definition) is 5. The fourth-order valence-electron chi connectivity index (χ4n) is 3.76. The van der Waals surface area contributed by atoms with Gasteiger partial charge in [-0.2, -0.15) is 18.4 Å². The van der Waals surface area contributed by atoms with Crippen LogP contribution in [0.25, 0.3) is 10.9 Å². The van der Waals surface area contributed by atoms with E-state index >= 15 is 0 Å². The van der Waals surface area contributed by atoms with Crippen molar-refractivity contribution in [1.82, 2.24) is 9.55 Å². The van der Waals surface area contributed by atoms with Crippen LogP contribution in [0.5, 0.6) is 5.88 Å². The summed E-state index contributed by atoms with van der Waals surface area (Å²) in [7, 11) is 1.65. The van der Waals surface area contributed by atoms with Gasteiger partial charge >= 0.3 is 6.18 Å². The van der Waals surface area contributed by atoms with Gasteiger partial charge in [0.25, 0.3) is 5.91 Å². The number of nitrogens with zero attached hydrogens (tertiary/aromatic N) is 5. The van der Waals surface area contributed by atoms with E-state index in [0.717, 1.165) is 17.0 Å². The Balaban J connectivity index is 1.83. The first-order chi connectivity index (χ1) is 14.9. The molecular formula is C21H16F3N5O2S. The van der Waals surface area contributed by atoms with E-state index in [1.165, 1.54) is 27.8 Å². The Kier molecular flexibility index (Phi) is 4.67. The molecule has 2 aromatic heterocycles. The van der Waals surface area contributed by atoms with E-state index in [1.807, 2.05) is 0 Å². The molecule has 1 saturated heterocycles. The molecule has 0 radical (unpaired) electrons. The zero-order chi connectivity index (χ0) is 23.6. The van der Waals surface area contributed by atoms with E-state index in [-0.39, 0.29) is 16.7 Å². The lowest BCUT2D eigenvalue weighted by atomic mass is 10.0. The predicted octanol–water partition coefficient (Wildman–Crippen LogP) is 4.09. The molecule has 11 heteroatoms. The summed E-state index contributed by atoms with van der Waals surface area (Å²) >= 11 is 5.50. The number of fused-ring (bicyclic) bond motifs is 1. The second kappa shape index (κ2) is 6.93. The van der Waals surface area contributed by atoms with Gasteiger partial charge in [-0.3, -0.25) is 14.7 Å². The molecule has 0 saturated carbocycles. The second-order valence-electron chi connectivity index (χ2n) is 7.85. The number of aromatic nitrogens is 2. The first-order valence-electron chi connectivity index (χ1n) is 9.32. The fourth-order valence-corrected chi connectivity index (χ4v) is 4.28. The molecule has 1 aliphatic rings. The van der Waals surface area contributed by atoms with Crippen LogP contribution in [0.1, 0.15) is 25.0 Å². The van der Waals surface area contributed by atoms with Gasteiger partial charge < -0.3 is 14.6 Å². The predicted molar refractivity (Wildman–Crippen MR) is 115 cm³/mol. The highest BCUT2D eigenvalue weighted by atomic mass is 32.1. The number of aryl methyl sites for hydroxylation is 1. The number of thiocarbonyl (C=S) groups is 1. The molecule has 0 bridgehead atoms. The highest BCUT2D eigenvalue weighted by Crippen LogP contribution is 2.40. The lowest BCUT2D eigenvalue weighted by molar-refractivity contribution is -0.137. The average Bonchev–Trinajstić information content (AvgIpc) is 3.10. The van der Waals surface area contributed by atoms with Crippen LogP contribution in [0.15, 0.2) is 36.7 Å². The van der Waals surface area contributed by atoms with Gasteiger partial charge in [-0.05, 0) is 50.3 Å². The quantitative estimate of drug-likeness (QED) is 0.581. The molecule has 1 N–H and O–H groups in total. The van der Waals surface area contributed by atoms with E-state index in [4.69, 9.17) is 17.5 Å². The maximum absolute atomic E-state index is 13.4. The number of anilines is 2. The zero-order valence-electron chi connectivity index (χ0n) is 17.1. The van der Waals surface area contributed by atoms with Gasteiger partial charge in [-0.1, -0.05) is 0 Å². The molecule has 164 valence electrons. The molecule has 32 heavy (non-hydrogen) atoms. The molecule has 0 aliphatic carbocycles. The third kappa shape index (κ3) is 3.06. The Labute approximate surface area is 185 Å². The molecular weight excluding hydrogens is 443 g/mol. The molecule has 0 spiro atoms. The summed E-state index contributed by atoms with van der Waals surface area (Å²) in [6.07, 6.45) is -1.66. The van der Waals surface area contributed by atoms with Crippen LogP contribution in [-0.2, 0) is 18.0 Å². The molecule has 1 fully saturated rings. The van der Waals surface area contributed by atoms with E-state index in [2.05, 4.69) is 4.98 Å². The van der Waals surface area contributed by atoms with Crippen molar-refractivity contribution in [2.45, 2.75) is 25.6 Å². The average molecular weight is 459 g/mol. The fraction of sp³-hybridized carbons (Fsp3) is 0.238. The minimum atomic E-state index is -4.78. The molecule has 3 aromatic rings. The van der Waals surface area contributed by atoms with Crippen LogP contribution in [0.4, 0.5) is 24.5 Å². The van der Waals surface area contributed by atoms with Crippen LogP contribution in [-0.4, -0.2) is 31.2 Å². The number of carbonyl (C=O) groups excluding carboxylic acids is 1. The highest BCUT2D eigenvalue weighted by molar-refractivity contribution is 7.81. The summed E-state index contributed by atoms with van der Waals surface area (Å²) in [4.78, 5) is 20.0. The van der Waals surface area contributed by atoms with Gasteiger partial charge in [0.15, 0.2) is 5.11 Å². The van der Waals surface area contributed by atoms with E-state index in [0.29, 0.717) is 16.6 Å². The Bertz CT molecular complexity index is 1340. The minimum Gasteiger partial charge on any atom is -0.494 e. The number of amides is 1. The van der Waals surface area contributed by atoms with Crippen LogP contribution in [0, 0.1) is 11.3 Å². The number of nitriles is 1. The Morgan fingerprint density at radius 1 is 1.22 bits per heavy atom. The molecule has 0 unspecified atom stereocenters. The number of alkyl halides is 3. The number of rotatable bonds is 2. The molecule has 3 heterocycles. The van der Waals surface area contributed by atoms with Crippen LogP contribution < -0.4 is 9.80 Å². The van der Waals surface area contributed by atoms with E-state index < -0.39 is 28.7 Å². The van der Waals surface area contributed by atoms with E-state index in [1.54, 1.807) is 33.2 Å². The van der Waals surface area contributed by atoms with Crippen molar-refractivity contribution in [3.63, 3.8) is 0 Å². The van der Waals surface area contributed by atoms with Crippen molar-refractivity contribution in [3.8, 4) is 11.9 Å². The highest BCUT2D eigenvalue weighted by Gasteiger charge is 2.51. The smallest absolute Gasteiger partial charge is 0.417 e. The Morgan fingerprint density at radius 2 is 1.91 bits per heavy atom. The number of hydrogen-bond donors (Lipinski definition) is 1. The monoisotopic (exact) mass is 459 g/mol. The van der Waals surface area contributed by atoms with Gasteiger partial charge in [0, 0.05) is 13.2 Å². The van der Waals surface area contributed by atoms with Crippen LogP contribution in [0.2, 0.25) is 0 Å². The van der Waals surface area contributed by atoms with Gasteiger partial charge in [-0.15, -0.1) is 0 Å². The van der Waals surface area contributed by atoms with E-state index in [9.17, 15) is 23.1 Å². The minimum absolute atomic E-state index is 0.0256. The number of halogens is 3. The van der Waals surface area contributed by atoms with Gasteiger partial charge in [-0.25, -0.2) is 0 Å². The number of aromatic hydroxyl groups is 1. The molecule has 4 rings (SSSR count). The summed E-state index contributed by atoms with van der Waals surface area (Å²) in [5.74, 6) is -0.569. The second-order valence-corrected chi connectivity index (χ2v) is 8.21. The van der Waals surface area contributed by atoms with Crippen LogP contribution in [0.3, 0.4) is 0 Å². The zero-order valence-corrected chi connectivity index (χ0v) is 17.9. The SMILES string of the molecule is Cn1cc2ncc(N3C(=S)N(c4ccc(C#N)c(C(F)(F)F)c4)C(=O)C3(C)C)cc2c1O. The van der Waals surface area contributed by atoms with Crippen molar-refractivity contribution in [3.05, 3.63) is 47.8 Å². The Morgan fingerprint density at radius 3 is 2.53 bits per heavy atom. The van der Waals surface area contributed by atoms with Gasteiger partial charge in [0.2, 0.25) is 5.88 Å². The van der Waals surface area contributed by atoms with Crippen molar-refractivity contribution in [2.75, 3.05) is 9.80 Å². The van der Waals surface area contributed by atoms with Gasteiger partial charge in [0.1, 0.15) is 5.54 Å². The first-order valence-corrected chi connectivity index (χ1v) is 9.73. The molecule has 7 nitrogen and oxygen atoms in total. The number of pyridine rings is 1. The number of carbonyl (C=O) groups is 1. The van der Waals surface area contributed by atoms with Crippen molar-refractivity contribution >= 4 is 45.5 Å². The topological polar surface area (TPSA) is 85.4 Å². The lowest BCUT2D eigenvalue weighted by Gasteiger charge is -2.29. The summed E-state index contributed by atoms with van der Waals surface area (Å²) in [5, 5.41) is 19.7. The summed E-state index contributed by atoms with van der Waals surface area (Å²) < 4.78 is 41.8. The third-order valence-electron chi connectivity index (χ3n) is 5.41. The standard InChI is InChI=1S/C21H16F3N5O2S/c1-20(2)18(31)28(12-5-4-11(8-25)15(7-12)21(22,23)24)19(32)29(20)13-6-14-16(26-9-13)10-27(3)17(14)30/h4-7,9-10,30H,1-3H3. The summed E-state index contributed by atoms with van der Waals surface area (Å²) in [6, 6.07) is 6.14. The largest absolute Gasteiger partial charge is 0.494 e. The first kappa shape index (κ1) is 21.6. The summed E-state index contributed by atoms with van der Waals surface area (Å²) in [5.41, 5.74) is -2.12. The number of benzene rings is 1. The third-order valence-corrected chi connectivity index (χ3v) is 5.77. The summed E-state index contributed by atoms with van der Waals surface area (Å²) in [6.45, 7) is 3.18. The molecule has 1 aromatic carbocycles. The molecule has 1 amide bonds. The Hall–Kier alpha value is -3.65. The lowest BCUT2D eigenvalue weighted by Crippen LogP contribution is -2.44. The van der Waals surface area contributed by atoms with Crippen molar-refractivity contribution in [2.24, 2.45) is 7.05 Å². The van der Waals surface area contributed by atoms with Gasteiger partial charge in [0.05, 0.1) is 45.7 Å².